The molecular formula is C29H28N2O5. The topological polar surface area (TPSA) is 86.8 Å². The minimum atomic E-state index is -0.435. The third-order valence-electron chi connectivity index (χ3n) is 5.65. The van der Waals surface area contributed by atoms with Gasteiger partial charge in [-0.3, -0.25) is 4.79 Å². The average Bonchev–Trinajstić information content (AvgIpc) is 2.91. The SMILES string of the molecule is CCOC(=O)c1ccc2nc(-c3cccc(OC)c3)cc(OCC(=O)Nc3ccc(CC)cc3)c2c1. The molecule has 3 aromatic carbocycles. The Balaban J connectivity index is 1.65. The molecule has 4 rings (SSSR count). The number of pyridine rings is 1. The van der Waals surface area contributed by atoms with E-state index in [2.05, 4.69) is 12.2 Å². The molecule has 0 aliphatic rings. The summed E-state index contributed by atoms with van der Waals surface area (Å²) in [6.45, 7) is 3.89. The van der Waals surface area contributed by atoms with Gasteiger partial charge < -0.3 is 19.5 Å². The molecule has 0 unspecified atom stereocenters. The summed E-state index contributed by atoms with van der Waals surface area (Å²) in [5.74, 6) is 0.396. The van der Waals surface area contributed by atoms with E-state index < -0.39 is 5.97 Å². The van der Waals surface area contributed by atoms with Crippen molar-refractivity contribution in [1.29, 1.82) is 0 Å². The van der Waals surface area contributed by atoms with Crippen molar-refractivity contribution < 1.29 is 23.8 Å². The summed E-state index contributed by atoms with van der Waals surface area (Å²) in [6.07, 6.45) is 0.926. The zero-order valence-corrected chi connectivity index (χ0v) is 20.5. The van der Waals surface area contributed by atoms with Crippen molar-refractivity contribution in [1.82, 2.24) is 4.98 Å². The molecule has 0 fully saturated rings. The van der Waals surface area contributed by atoms with Gasteiger partial charge in [0.1, 0.15) is 11.5 Å². The number of esters is 1. The molecule has 0 bridgehead atoms. The highest BCUT2D eigenvalue weighted by Crippen LogP contribution is 2.32. The van der Waals surface area contributed by atoms with Gasteiger partial charge >= 0.3 is 5.97 Å². The number of nitrogens with zero attached hydrogens (tertiary/aromatic N) is 1. The predicted molar refractivity (Wildman–Crippen MR) is 140 cm³/mol. The number of ether oxygens (including phenoxy) is 3. The number of fused-ring (bicyclic) bond motifs is 1. The van der Waals surface area contributed by atoms with Crippen LogP contribution in [0.3, 0.4) is 0 Å². The number of aryl methyl sites for hydroxylation is 1. The van der Waals surface area contributed by atoms with Gasteiger partial charge in [0.05, 0.1) is 30.5 Å². The molecule has 36 heavy (non-hydrogen) atoms. The van der Waals surface area contributed by atoms with Gasteiger partial charge in [-0.2, -0.15) is 0 Å². The Kier molecular flexibility index (Phi) is 7.80. The lowest BCUT2D eigenvalue weighted by Crippen LogP contribution is -2.20. The van der Waals surface area contributed by atoms with Gasteiger partial charge in [0.2, 0.25) is 0 Å². The highest BCUT2D eigenvalue weighted by atomic mass is 16.5. The molecule has 184 valence electrons. The second kappa shape index (κ2) is 11.4. The number of hydrogen-bond donors (Lipinski definition) is 1. The highest BCUT2D eigenvalue weighted by Gasteiger charge is 2.15. The van der Waals surface area contributed by atoms with E-state index in [1.165, 1.54) is 5.56 Å². The van der Waals surface area contributed by atoms with E-state index in [4.69, 9.17) is 19.2 Å². The second-order valence-electron chi connectivity index (χ2n) is 8.08. The molecule has 7 nitrogen and oxygen atoms in total. The number of aromatic nitrogens is 1. The van der Waals surface area contributed by atoms with Crippen LogP contribution in [0.5, 0.6) is 11.5 Å². The number of hydrogen-bond acceptors (Lipinski definition) is 6. The van der Waals surface area contributed by atoms with Crippen molar-refractivity contribution >= 4 is 28.5 Å². The van der Waals surface area contributed by atoms with Crippen molar-refractivity contribution in [2.24, 2.45) is 0 Å². The Labute approximate surface area is 210 Å². The zero-order chi connectivity index (χ0) is 25.5. The van der Waals surface area contributed by atoms with Crippen LogP contribution in [-0.2, 0) is 16.0 Å². The van der Waals surface area contributed by atoms with Crippen LogP contribution in [0.15, 0.2) is 72.8 Å². The summed E-state index contributed by atoms with van der Waals surface area (Å²) < 4.78 is 16.5. The summed E-state index contributed by atoms with van der Waals surface area (Å²) >= 11 is 0. The smallest absolute Gasteiger partial charge is 0.338 e. The van der Waals surface area contributed by atoms with E-state index in [-0.39, 0.29) is 19.1 Å². The molecule has 7 heteroatoms. The van der Waals surface area contributed by atoms with E-state index in [9.17, 15) is 9.59 Å². The lowest BCUT2D eigenvalue weighted by Gasteiger charge is -2.13. The molecule has 0 aliphatic heterocycles. The first kappa shape index (κ1) is 24.7. The number of carbonyl (C=O) groups is 2. The summed E-state index contributed by atoms with van der Waals surface area (Å²) in [6, 6.07) is 22.0. The Morgan fingerprint density at radius 2 is 1.75 bits per heavy atom. The van der Waals surface area contributed by atoms with E-state index in [1.807, 2.05) is 48.5 Å². The average molecular weight is 485 g/mol. The maximum Gasteiger partial charge on any atom is 0.338 e. The van der Waals surface area contributed by atoms with Crippen LogP contribution in [0.2, 0.25) is 0 Å². The molecule has 1 heterocycles. The Morgan fingerprint density at radius 3 is 2.47 bits per heavy atom. The molecule has 0 saturated heterocycles. The molecule has 4 aromatic rings. The molecule has 0 atom stereocenters. The minimum Gasteiger partial charge on any atom is -0.497 e. The Morgan fingerprint density at radius 1 is 0.944 bits per heavy atom. The van der Waals surface area contributed by atoms with Gasteiger partial charge in [-0.25, -0.2) is 9.78 Å². The van der Waals surface area contributed by atoms with Gasteiger partial charge in [0.25, 0.3) is 5.91 Å². The van der Waals surface area contributed by atoms with Crippen LogP contribution >= 0.6 is 0 Å². The third-order valence-corrected chi connectivity index (χ3v) is 5.65. The first-order valence-corrected chi connectivity index (χ1v) is 11.8. The van der Waals surface area contributed by atoms with Gasteiger partial charge in [0.15, 0.2) is 6.61 Å². The molecule has 1 aromatic heterocycles. The van der Waals surface area contributed by atoms with E-state index in [0.717, 1.165) is 12.0 Å². The summed E-state index contributed by atoms with van der Waals surface area (Å²) in [7, 11) is 1.60. The van der Waals surface area contributed by atoms with Gasteiger partial charge in [0, 0.05) is 22.7 Å². The number of benzene rings is 3. The number of carbonyl (C=O) groups excluding carboxylic acids is 2. The maximum absolute atomic E-state index is 12.6. The normalized spacial score (nSPS) is 10.6. The Bertz CT molecular complexity index is 1380. The van der Waals surface area contributed by atoms with Crippen molar-refractivity contribution in [3.8, 4) is 22.8 Å². The molecular weight excluding hydrogens is 456 g/mol. The monoisotopic (exact) mass is 484 g/mol. The van der Waals surface area contributed by atoms with Crippen LogP contribution in [-0.4, -0.2) is 37.2 Å². The molecule has 0 saturated carbocycles. The summed E-state index contributed by atoms with van der Waals surface area (Å²) in [5, 5.41) is 3.45. The van der Waals surface area contributed by atoms with E-state index >= 15 is 0 Å². The lowest BCUT2D eigenvalue weighted by atomic mass is 10.1. The van der Waals surface area contributed by atoms with E-state index in [1.54, 1.807) is 38.3 Å². The van der Waals surface area contributed by atoms with Crippen LogP contribution in [0.25, 0.3) is 22.2 Å². The molecule has 0 spiro atoms. The second-order valence-corrected chi connectivity index (χ2v) is 8.08. The first-order valence-electron chi connectivity index (χ1n) is 11.8. The fourth-order valence-corrected chi connectivity index (χ4v) is 3.75. The van der Waals surface area contributed by atoms with E-state index in [0.29, 0.717) is 39.3 Å². The van der Waals surface area contributed by atoms with Gasteiger partial charge in [-0.05, 0) is 61.4 Å². The number of amides is 1. The fourth-order valence-electron chi connectivity index (χ4n) is 3.75. The Hall–Kier alpha value is -4.39. The van der Waals surface area contributed by atoms with Crippen LogP contribution in [0, 0.1) is 0 Å². The minimum absolute atomic E-state index is 0.212. The molecule has 0 aliphatic carbocycles. The third kappa shape index (κ3) is 5.81. The van der Waals surface area contributed by atoms with Crippen molar-refractivity contribution in [2.45, 2.75) is 20.3 Å². The van der Waals surface area contributed by atoms with Crippen molar-refractivity contribution in [3.05, 3.63) is 83.9 Å². The van der Waals surface area contributed by atoms with Gasteiger partial charge in [-0.1, -0.05) is 31.2 Å². The first-order chi connectivity index (χ1) is 17.5. The van der Waals surface area contributed by atoms with Crippen LogP contribution < -0.4 is 14.8 Å². The number of anilines is 1. The summed E-state index contributed by atoms with van der Waals surface area (Å²) in [4.78, 5) is 29.7. The standard InChI is InChI=1S/C29H28N2O5/c1-4-19-9-12-22(13-10-19)30-28(32)18-36-27-17-26(20-7-6-8-23(15-20)34-3)31-25-14-11-21(16-24(25)27)29(33)35-5-2/h6-17H,4-5,18H2,1-3H3,(H,30,32). The number of nitrogens with one attached hydrogen (secondary N) is 1. The van der Waals surface area contributed by atoms with Gasteiger partial charge in [-0.15, -0.1) is 0 Å². The quantitative estimate of drug-likeness (QED) is 0.308. The fraction of sp³-hybridized carbons (Fsp3) is 0.207. The van der Waals surface area contributed by atoms with Crippen LogP contribution in [0.4, 0.5) is 5.69 Å². The summed E-state index contributed by atoms with van der Waals surface area (Å²) in [5.41, 5.74) is 4.36. The molecule has 1 N–H and O–H groups in total. The number of methoxy groups -OCH3 is 1. The highest BCUT2D eigenvalue weighted by molar-refractivity contribution is 5.97. The molecule has 0 radical (unpaired) electrons. The number of rotatable bonds is 9. The van der Waals surface area contributed by atoms with Crippen molar-refractivity contribution in [2.75, 3.05) is 25.6 Å². The predicted octanol–water partition coefficient (Wildman–Crippen LogP) is 5.67. The zero-order valence-electron chi connectivity index (χ0n) is 20.5. The molecule has 1 amide bonds. The lowest BCUT2D eigenvalue weighted by molar-refractivity contribution is -0.118. The van der Waals surface area contributed by atoms with Crippen LogP contribution in [0.1, 0.15) is 29.8 Å². The maximum atomic E-state index is 12.6. The largest absolute Gasteiger partial charge is 0.497 e. The van der Waals surface area contributed by atoms with Crippen molar-refractivity contribution in [3.63, 3.8) is 0 Å².